The van der Waals surface area contributed by atoms with Crippen molar-refractivity contribution in [2.24, 2.45) is 0 Å². The lowest BCUT2D eigenvalue weighted by Crippen LogP contribution is -2.45. The average Bonchev–Trinajstić information content (AvgIpc) is 1.60. The van der Waals surface area contributed by atoms with E-state index in [9.17, 15) is 38.4 Å². The molecule has 0 radical (unpaired) electrons. The molecular formula is C90H113BBr3F2IN12O20. The molecule has 0 saturated carbocycles. The summed E-state index contributed by atoms with van der Waals surface area (Å²) >= 11 is 12.0. The molecule has 8 amide bonds. The summed E-state index contributed by atoms with van der Waals surface area (Å²) in [7, 11) is 2.25. The number of aromatic nitrogens is 6. The third-order valence-electron chi connectivity index (χ3n) is 16.6. The number of carbonyl (C=O) groups excluding carboxylic acids is 8. The Bertz CT molecular complexity index is 5360. The van der Waals surface area contributed by atoms with E-state index >= 15 is 8.78 Å². The number of anilines is 4. The van der Waals surface area contributed by atoms with E-state index in [0.717, 1.165) is 8.04 Å². The van der Waals surface area contributed by atoms with Crippen LogP contribution in [0.3, 0.4) is 0 Å². The molecule has 1 aliphatic heterocycles. The van der Waals surface area contributed by atoms with Crippen LogP contribution < -0.4 is 25.9 Å². The van der Waals surface area contributed by atoms with Crippen LogP contribution in [0.25, 0.3) is 45.2 Å². The summed E-state index contributed by atoms with van der Waals surface area (Å²) in [6.45, 7) is 48.5. The molecule has 6 aromatic heterocycles. The first-order valence-corrected chi connectivity index (χ1v) is 43.7. The first-order chi connectivity index (χ1) is 58.8. The summed E-state index contributed by atoms with van der Waals surface area (Å²) in [4.78, 5) is 125. The Kier molecular flexibility index (Phi) is 35.1. The minimum atomic E-state index is -1.04. The molecule has 0 spiro atoms. The number of terminal acetylenes is 1. The lowest BCUT2D eigenvalue weighted by molar-refractivity contribution is 0.00578. The highest BCUT2D eigenvalue weighted by Gasteiger charge is 2.52. The predicted molar refractivity (Wildman–Crippen MR) is 503 cm³/mol. The van der Waals surface area contributed by atoms with Gasteiger partial charge in [0, 0.05) is 94.1 Å². The van der Waals surface area contributed by atoms with E-state index in [1.165, 1.54) is 64.8 Å². The van der Waals surface area contributed by atoms with Gasteiger partial charge >= 0.3 is 55.9 Å². The second kappa shape index (κ2) is 42.2. The smallest absolute Gasteiger partial charge is 0.444 e. The lowest BCUT2D eigenvalue weighted by atomic mass is 9.79. The summed E-state index contributed by atoms with van der Waals surface area (Å²) in [5, 5.41) is 8.15. The third-order valence-corrected chi connectivity index (χ3v) is 18.7. The average molecular weight is 2100 g/mol. The second-order valence-corrected chi connectivity index (χ2v) is 42.2. The minimum Gasteiger partial charge on any atom is -0.444 e. The van der Waals surface area contributed by atoms with Gasteiger partial charge in [-0.3, -0.25) is 0 Å². The number of halogens is 6. The number of pyridine rings is 4. The maximum absolute atomic E-state index is 15.6. The number of nitrogen functional groups attached to an aromatic ring is 1. The molecule has 0 atom stereocenters. The highest BCUT2D eigenvalue weighted by atomic mass is 127. The van der Waals surface area contributed by atoms with Crippen LogP contribution in [0.4, 0.5) is 70.4 Å². The number of nitrogens with zero attached hydrogens (tertiary/aromatic N) is 11. The van der Waals surface area contributed by atoms with Gasteiger partial charge < -0.3 is 71.8 Å². The summed E-state index contributed by atoms with van der Waals surface area (Å²) < 4.78 is 101. The molecule has 0 aliphatic carbocycles. The molecule has 39 heteroatoms. The van der Waals surface area contributed by atoms with Crippen LogP contribution in [-0.2, 0) is 60.3 Å². The van der Waals surface area contributed by atoms with E-state index in [1.54, 1.807) is 217 Å². The van der Waals surface area contributed by atoms with Crippen LogP contribution in [-0.4, -0.2) is 166 Å². The Labute approximate surface area is 790 Å². The van der Waals surface area contributed by atoms with Crippen LogP contribution >= 0.6 is 70.4 Å². The fourth-order valence-corrected chi connectivity index (χ4v) is 12.5. The SMILES string of the molecule is C#Cc1cc(Br)cnc1N(C(=O)OC(C)(C)C)C(=O)OC(C)(C)C.CN(Cc1ccc(-c2cc(-c3cc(B4OC(C)(C)C(C)(C)O4)cnc3N(C(=O)OC(C)(C)C)C(=O)OC(C)(C)C)on2)c(F)c1)C(=O)OC(C)(C)C.CN(Cc1ccc(-c2cc(-c3cc(Br)cnc3N(C(=O)OC(C)(C)C)C(=O)OC(C)(C)C)on2)c(F)c1)C(=O)OC(C)(C)C.Nc1ncc(Br)cc1I. The van der Waals surface area contributed by atoms with Crippen molar-refractivity contribution in [3.8, 4) is 57.5 Å². The van der Waals surface area contributed by atoms with Crippen molar-refractivity contribution in [2.75, 3.05) is 34.5 Å². The molecule has 0 unspecified atom stereocenters. The number of hydrogen-bond donors (Lipinski definition) is 1. The zero-order chi connectivity index (χ0) is 97.9. The molecule has 8 aromatic rings. The van der Waals surface area contributed by atoms with Gasteiger partial charge in [-0.1, -0.05) is 28.4 Å². The quantitative estimate of drug-likeness (QED) is 0.0514. The van der Waals surface area contributed by atoms with Crippen LogP contribution in [0.15, 0.2) is 120 Å². The van der Waals surface area contributed by atoms with Crippen molar-refractivity contribution >= 4 is 155 Å². The molecule has 1 saturated heterocycles. The van der Waals surface area contributed by atoms with Crippen molar-refractivity contribution < 1.29 is 103 Å². The van der Waals surface area contributed by atoms with Crippen molar-refractivity contribution in [3.05, 3.63) is 143 Å². The van der Waals surface area contributed by atoms with Crippen LogP contribution in [0.1, 0.15) is 211 Å². The molecule has 1 fully saturated rings. The summed E-state index contributed by atoms with van der Waals surface area (Å²) in [5.74, 6) is 1.55. The van der Waals surface area contributed by atoms with E-state index in [-0.39, 0.29) is 81.3 Å². The van der Waals surface area contributed by atoms with Gasteiger partial charge in [0.15, 0.2) is 29.0 Å². The van der Waals surface area contributed by atoms with Crippen LogP contribution in [0.2, 0.25) is 0 Å². The molecule has 2 aromatic carbocycles. The lowest BCUT2D eigenvalue weighted by Gasteiger charge is -2.32. The zero-order valence-electron chi connectivity index (χ0n) is 78.2. The molecule has 7 heterocycles. The standard InChI is InChI=1S/C37H50BFN4O9.C31H38BrFN4O7.C17H21BrN2O4.C5H4BrIN2/c1-33(2,3)47-30(44)42(14)21-22-15-16-24(26(39)17-22)27-19-28(50-41-27)25-18-23(38-51-36(10,11)37(12,13)52-38)20-40-29(25)43(31(45)48-34(4,5)6)32(46)49-35(7,8)9;1-29(2,3)41-26(38)36(10)17-18-11-12-20(22(33)13-18)23-15-24(44-35-23)21-14-19(32)16-34-25(21)37(27(39)42-30(4,5)6)28(40)43-31(7,8)9;1-8-11-9-12(18)10-19-13(11)20(14(21)23-16(2,3)4)15(22)24-17(5,6)7;6-3-1-4(7)5(8)9-2-3/h15-20H,21H2,1-14H3;11-16H,17H2,1-10H3;1,9-10H,2-7H3;1-2H,(H2,8,9). The number of imide groups is 3. The number of carbonyl (C=O) groups is 8. The van der Waals surface area contributed by atoms with Gasteiger partial charge in [-0.2, -0.15) is 14.7 Å². The summed E-state index contributed by atoms with van der Waals surface area (Å²) in [6, 6.07) is 18.5. The highest BCUT2D eigenvalue weighted by Crippen LogP contribution is 2.41. The largest absolute Gasteiger partial charge is 0.496 e. The van der Waals surface area contributed by atoms with Gasteiger partial charge in [-0.15, -0.1) is 6.42 Å². The fraction of sp³-hybridized carbons (Fsp3) is 0.467. The summed E-state index contributed by atoms with van der Waals surface area (Å²) in [6.07, 6.45) is 4.37. The molecule has 2 N–H and O–H groups in total. The second-order valence-electron chi connectivity index (χ2n) is 38.3. The van der Waals surface area contributed by atoms with Gasteiger partial charge in [0.1, 0.15) is 73.6 Å². The maximum Gasteiger partial charge on any atom is 0.496 e. The van der Waals surface area contributed by atoms with E-state index < -0.39 is 124 Å². The topological polar surface area (TPSA) is 375 Å². The number of rotatable bonds is 12. The zero-order valence-corrected chi connectivity index (χ0v) is 85.2. The monoisotopic (exact) mass is 2090 g/mol. The fourth-order valence-electron chi connectivity index (χ4n) is 10.6. The third kappa shape index (κ3) is 32.9. The molecule has 698 valence electrons. The van der Waals surface area contributed by atoms with Gasteiger partial charge in [-0.05, 0) is 324 Å². The number of hydrogen-bond acceptors (Lipinski definition) is 27. The van der Waals surface area contributed by atoms with Gasteiger partial charge in [0.25, 0.3) is 0 Å². The van der Waals surface area contributed by atoms with Crippen LogP contribution in [0, 0.1) is 27.5 Å². The van der Waals surface area contributed by atoms with E-state index in [2.05, 4.69) is 107 Å². The maximum atomic E-state index is 15.6. The number of amides is 8. The van der Waals surface area contributed by atoms with Crippen molar-refractivity contribution in [3.63, 3.8) is 0 Å². The van der Waals surface area contributed by atoms with Gasteiger partial charge in [-0.25, -0.2) is 67.1 Å². The first-order valence-electron chi connectivity index (χ1n) is 40.2. The van der Waals surface area contributed by atoms with Crippen molar-refractivity contribution in [2.45, 2.75) is 263 Å². The van der Waals surface area contributed by atoms with Gasteiger partial charge in [0.2, 0.25) is 0 Å². The molecule has 129 heavy (non-hydrogen) atoms. The minimum absolute atomic E-state index is 0.0239. The number of benzene rings is 2. The Balaban J connectivity index is 0.000000298. The summed E-state index contributed by atoms with van der Waals surface area (Å²) in [5.41, 5.74) is -0.119. The Hall–Kier alpha value is -10.4. The highest BCUT2D eigenvalue weighted by molar-refractivity contribution is 14.1. The van der Waals surface area contributed by atoms with Crippen molar-refractivity contribution in [1.82, 2.24) is 40.0 Å². The Morgan fingerprint density at radius 2 is 0.721 bits per heavy atom. The Morgan fingerprint density at radius 1 is 0.426 bits per heavy atom. The number of ether oxygens (including phenoxy) is 8. The first kappa shape index (κ1) is 107. The number of nitrogens with two attached hydrogens (primary N) is 1. The van der Waals surface area contributed by atoms with Crippen molar-refractivity contribution in [1.29, 1.82) is 0 Å². The van der Waals surface area contributed by atoms with E-state index in [1.807, 2.05) is 33.8 Å². The normalized spacial score (nSPS) is 13.2. The molecule has 32 nitrogen and oxygen atoms in total. The molecule has 9 rings (SSSR count). The Morgan fingerprint density at radius 3 is 1.04 bits per heavy atom. The molecule has 0 bridgehead atoms. The van der Waals surface area contributed by atoms with E-state index in [0.29, 0.717) is 46.1 Å². The molecular weight excluding hydrogens is 1980 g/mol. The van der Waals surface area contributed by atoms with Crippen LogP contribution in [0.5, 0.6) is 0 Å². The van der Waals surface area contributed by atoms with Gasteiger partial charge in [0.05, 0.1) is 31.5 Å². The molecule has 1 aliphatic rings. The predicted octanol–water partition coefficient (Wildman–Crippen LogP) is 22.8. The van der Waals surface area contributed by atoms with E-state index in [4.69, 9.17) is 68.4 Å².